The van der Waals surface area contributed by atoms with Crippen molar-refractivity contribution in [1.29, 1.82) is 0 Å². The standard InChI is InChI=1S/C13H15ClN2O2/c1-16-8-15-11-7-9(5-6-12(11)16)10(14)3-2-4-13(17)18/h5-8,10H,2-4H2,1H3,(H,17,18). The van der Waals surface area contributed by atoms with Crippen LogP contribution in [0.15, 0.2) is 24.5 Å². The number of nitrogens with zero attached hydrogens (tertiary/aromatic N) is 2. The molecular weight excluding hydrogens is 252 g/mol. The molecule has 0 fully saturated rings. The summed E-state index contributed by atoms with van der Waals surface area (Å²) in [6.45, 7) is 0. The molecule has 0 spiro atoms. The van der Waals surface area contributed by atoms with Gasteiger partial charge in [-0.2, -0.15) is 0 Å². The summed E-state index contributed by atoms with van der Waals surface area (Å²) in [5.74, 6) is -0.779. The monoisotopic (exact) mass is 266 g/mol. The van der Waals surface area contributed by atoms with Crippen molar-refractivity contribution < 1.29 is 9.90 Å². The van der Waals surface area contributed by atoms with Crippen LogP contribution in [0.4, 0.5) is 0 Å². The van der Waals surface area contributed by atoms with E-state index >= 15 is 0 Å². The zero-order valence-electron chi connectivity index (χ0n) is 10.1. The summed E-state index contributed by atoms with van der Waals surface area (Å²) < 4.78 is 1.95. The van der Waals surface area contributed by atoms with E-state index in [0.29, 0.717) is 12.8 Å². The summed E-state index contributed by atoms with van der Waals surface area (Å²) in [5, 5.41) is 8.43. The predicted molar refractivity (Wildman–Crippen MR) is 70.8 cm³/mol. The number of rotatable bonds is 5. The Labute approximate surface area is 110 Å². The van der Waals surface area contributed by atoms with Crippen LogP contribution in [0.3, 0.4) is 0 Å². The number of hydrogen-bond donors (Lipinski definition) is 1. The van der Waals surface area contributed by atoms with Gasteiger partial charge in [-0.15, -0.1) is 11.6 Å². The molecule has 0 aliphatic heterocycles. The summed E-state index contributed by atoms with van der Waals surface area (Å²) >= 11 is 6.27. The van der Waals surface area contributed by atoms with Crippen molar-refractivity contribution in [3.8, 4) is 0 Å². The first-order chi connectivity index (χ1) is 8.58. The Balaban J connectivity index is 2.08. The average molecular weight is 267 g/mol. The van der Waals surface area contributed by atoms with E-state index in [0.717, 1.165) is 16.6 Å². The predicted octanol–water partition coefficient (Wildman–Crippen LogP) is 3.11. The van der Waals surface area contributed by atoms with E-state index in [-0.39, 0.29) is 11.8 Å². The van der Waals surface area contributed by atoms with Crippen LogP contribution in [0.2, 0.25) is 0 Å². The molecule has 1 heterocycles. The fourth-order valence-corrected chi connectivity index (χ4v) is 2.24. The lowest BCUT2D eigenvalue weighted by Crippen LogP contribution is -1.97. The number of hydrogen-bond acceptors (Lipinski definition) is 2. The van der Waals surface area contributed by atoms with Gasteiger partial charge >= 0.3 is 5.97 Å². The molecule has 2 rings (SSSR count). The topological polar surface area (TPSA) is 55.1 Å². The smallest absolute Gasteiger partial charge is 0.303 e. The fraction of sp³-hybridized carbons (Fsp3) is 0.385. The summed E-state index contributed by atoms with van der Waals surface area (Å²) in [7, 11) is 1.94. The number of carbonyl (C=O) groups is 1. The van der Waals surface area contributed by atoms with E-state index in [2.05, 4.69) is 4.98 Å². The van der Waals surface area contributed by atoms with E-state index in [1.54, 1.807) is 6.33 Å². The quantitative estimate of drug-likeness (QED) is 0.846. The van der Waals surface area contributed by atoms with Crippen LogP contribution in [-0.4, -0.2) is 20.6 Å². The van der Waals surface area contributed by atoms with Crippen molar-refractivity contribution >= 4 is 28.6 Å². The number of alkyl halides is 1. The lowest BCUT2D eigenvalue weighted by molar-refractivity contribution is -0.137. The van der Waals surface area contributed by atoms with Gasteiger partial charge in [0.05, 0.1) is 22.7 Å². The van der Waals surface area contributed by atoms with Crippen LogP contribution in [0.5, 0.6) is 0 Å². The fourth-order valence-electron chi connectivity index (χ4n) is 1.95. The summed E-state index contributed by atoms with van der Waals surface area (Å²) in [5.41, 5.74) is 2.97. The molecule has 1 aromatic carbocycles. The van der Waals surface area contributed by atoms with Crippen molar-refractivity contribution in [3.63, 3.8) is 0 Å². The summed E-state index contributed by atoms with van der Waals surface area (Å²) in [6, 6.07) is 5.93. The Morgan fingerprint density at radius 1 is 1.56 bits per heavy atom. The highest BCUT2D eigenvalue weighted by Crippen LogP contribution is 2.28. The number of halogens is 1. The van der Waals surface area contributed by atoms with Gasteiger partial charge < -0.3 is 9.67 Å². The molecular formula is C13H15ClN2O2. The molecule has 0 saturated carbocycles. The van der Waals surface area contributed by atoms with Crippen LogP contribution in [0, 0.1) is 0 Å². The number of carboxylic acids is 1. The van der Waals surface area contributed by atoms with Crippen molar-refractivity contribution in [1.82, 2.24) is 9.55 Å². The van der Waals surface area contributed by atoms with E-state index in [1.165, 1.54) is 0 Å². The van der Waals surface area contributed by atoms with Gasteiger partial charge in [-0.3, -0.25) is 4.79 Å². The molecule has 0 aliphatic rings. The number of imidazole rings is 1. The Morgan fingerprint density at radius 2 is 2.33 bits per heavy atom. The highest BCUT2D eigenvalue weighted by Gasteiger charge is 2.10. The van der Waals surface area contributed by atoms with Crippen LogP contribution in [0.25, 0.3) is 11.0 Å². The molecule has 0 aliphatic carbocycles. The van der Waals surface area contributed by atoms with E-state index in [4.69, 9.17) is 16.7 Å². The SMILES string of the molecule is Cn1cnc2cc(C(Cl)CCCC(=O)O)ccc21. The van der Waals surface area contributed by atoms with Gasteiger partial charge in [-0.1, -0.05) is 6.07 Å². The van der Waals surface area contributed by atoms with Crippen LogP contribution >= 0.6 is 11.6 Å². The molecule has 0 saturated heterocycles. The number of aryl methyl sites for hydroxylation is 1. The first-order valence-corrected chi connectivity index (χ1v) is 6.28. The lowest BCUT2D eigenvalue weighted by atomic mass is 10.1. The molecule has 1 N–H and O–H groups in total. The second-order valence-corrected chi connectivity index (χ2v) is 4.88. The molecule has 1 aromatic heterocycles. The Morgan fingerprint density at radius 3 is 3.06 bits per heavy atom. The number of aliphatic carboxylic acids is 1. The minimum absolute atomic E-state index is 0.157. The van der Waals surface area contributed by atoms with Crippen molar-refractivity contribution in [2.75, 3.05) is 0 Å². The third-order valence-electron chi connectivity index (χ3n) is 2.96. The normalized spacial score (nSPS) is 12.8. The van der Waals surface area contributed by atoms with Crippen LogP contribution in [0.1, 0.15) is 30.2 Å². The lowest BCUT2D eigenvalue weighted by Gasteiger charge is -2.09. The molecule has 5 heteroatoms. The Hall–Kier alpha value is -1.55. The zero-order chi connectivity index (χ0) is 13.1. The molecule has 0 radical (unpaired) electrons. The van der Waals surface area contributed by atoms with E-state index in [9.17, 15) is 4.79 Å². The maximum atomic E-state index is 10.4. The van der Waals surface area contributed by atoms with E-state index in [1.807, 2.05) is 29.8 Å². The van der Waals surface area contributed by atoms with Crippen molar-refractivity contribution in [2.45, 2.75) is 24.6 Å². The number of aromatic nitrogens is 2. The number of carboxylic acid groups (broad SMARTS) is 1. The van der Waals surface area contributed by atoms with Gasteiger partial charge in [0.2, 0.25) is 0 Å². The molecule has 0 bridgehead atoms. The number of fused-ring (bicyclic) bond motifs is 1. The molecule has 96 valence electrons. The molecule has 4 nitrogen and oxygen atoms in total. The van der Waals surface area contributed by atoms with Crippen molar-refractivity contribution in [3.05, 3.63) is 30.1 Å². The minimum atomic E-state index is -0.779. The summed E-state index contributed by atoms with van der Waals surface area (Å²) in [6.07, 6.45) is 3.17. The first kappa shape index (κ1) is 12.9. The van der Waals surface area contributed by atoms with Gasteiger partial charge in [0.25, 0.3) is 0 Å². The van der Waals surface area contributed by atoms with E-state index < -0.39 is 5.97 Å². The second-order valence-electron chi connectivity index (χ2n) is 4.36. The van der Waals surface area contributed by atoms with Crippen LogP contribution < -0.4 is 0 Å². The third kappa shape index (κ3) is 2.82. The van der Waals surface area contributed by atoms with Crippen molar-refractivity contribution in [2.24, 2.45) is 7.05 Å². The highest BCUT2D eigenvalue weighted by atomic mass is 35.5. The Bertz CT molecular complexity index is 565. The van der Waals surface area contributed by atoms with Crippen LogP contribution in [-0.2, 0) is 11.8 Å². The molecule has 2 aromatic rings. The third-order valence-corrected chi connectivity index (χ3v) is 3.43. The van der Waals surface area contributed by atoms with Gasteiger partial charge in [0.1, 0.15) is 0 Å². The largest absolute Gasteiger partial charge is 0.481 e. The summed E-state index contributed by atoms with van der Waals surface area (Å²) in [4.78, 5) is 14.7. The number of benzene rings is 1. The molecule has 1 atom stereocenters. The zero-order valence-corrected chi connectivity index (χ0v) is 10.9. The average Bonchev–Trinajstić information content (AvgIpc) is 2.70. The van der Waals surface area contributed by atoms with Gasteiger partial charge in [-0.25, -0.2) is 4.98 Å². The first-order valence-electron chi connectivity index (χ1n) is 5.85. The van der Waals surface area contributed by atoms with Gasteiger partial charge in [0.15, 0.2) is 0 Å². The molecule has 0 amide bonds. The molecule has 18 heavy (non-hydrogen) atoms. The van der Waals surface area contributed by atoms with Gasteiger partial charge in [0, 0.05) is 13.5 Å². The molecule has 1 unspecified atom stereocenters. The second kappa shape index (κ2) is 5.40. The Kier molecular flexibility index (Phi) is 3.87. The maximum Gasteiger partial charge on any atom is 0.303 e. The highest BCUT2D eigenvalue weighted by molar-refractivity contribution is 6.20. The maximum absolute atomic E-state index is 10.4. The minimum Gasteiger partial charge on any atom is -0.481 e. The van der Waals surface area contributed by atoms with Gasteiger partial charge in [-0.05, 0) is 30.5 Å².